The molecule has 14 heavy (non-hydrogen) atoms. The second kappa shape index (κ2) is 4.95. The summed E-state index contributed by atoms with van der Waals surface area (Å²) in [6.07, 6.45) is 0.877. The Balaban J connectivity index is 2.42. The Morgan fingerprint density at radius 2 is 2.29 bits per heavy atom. The lowest BCUT2D eigenvalue weighted by atomic mass is 10.1. The van der Waals surface area contributed by atoms with Crippen LogP contribution in [0.1, 0.15) is 13.3 Å². The Labute approximate surface area is 83.2 Å². The summed E-state index contributed by atoms with van der Waals surface area (Å²) in [7, 11) is 0. The van der Waals surface area contributed by atoms with Gasteiger partial charge in [-0.25, -0.2) is 4.79 Å². The molecule has 5 nitrogen and oxygen atoms in total. The average Bonchev–Trinajstić information content (AvgIpc) is 2.65. The number of nitrogens with zero attached hydrogens (tertiary/aromatic N) is 1. The smallest absolute Gasteiger partial charge is 0.397 e. The summed E-state index contributed by atoms with van der Waals surface area (Å²) >= 11 is 0. The van der Waals surface area contributed by atoms with Gasteiger partial charge in [0, 0.05) is 13.1 Å². The fourth-order valence-corrected chi connectivity index (χ4v) is 1.53. The third-order valence-corrected chi connectivity index (χ3v) is 2.36. The van der Waals surface area contributed by atoms with E-state index in [0.717, 1.165) is 6.42 Å². The summed E-state index contributed by atoms with van der Waals surface area (Å²) in [6, 6.07) is 0. The highest BCUT2D eigenvalue weighted by molar-refractivity contribution is 6.32. The van der Waals surface area contributed by atoms with Crippen LogP contribution in [0, 0.1) is 5.92 Å². The number of hydrogen-bond donors (Lipinski definition) is 1. The van der Waals surface area contributed by atoms with Crippen LogP contribution >= 0.6 is 0 Å². The van der Waals surface area contributed by atoms with E-state index in [1.165, 1.54) is 4.90 Å². The van der Waals surface area contributed by atoms with Crippen LogP contribution < -0.4 is 5.73 Å². The number of carbonyl (C=O) groups excluding carboxylic acids is 2. The van der Waals surface area contributed by atoms with Gasteiger partial charge < -0.3 is 15.4 Å². The van der Waals surface area contributed by atoms with E-state index in [4.69, 9.17) is 5.73 Å². The second-order valence-corrected chi connectivity index (χ2v) is 3.36. The average molecular weight is 200 g/mol. The van der Waals surface area contributed by atoms with Gasteiger partial charge in [-0.2, -0.15) is 0 Å². The molecule has 2 N–H and O–H groups in total. The molecule has 0 aromatic heterocycles. The number of likely N-dealkylation sites (tertiary alicyclic amines) is 1. The molecule has 1 saturated heterocycles. The number of amides is 1. The molecule has 1 amide bonds. The first-order chi connectivity index (χ1) is 6.69. The van der Waals surface area contributed by atoms with Crippen molar-refractivity contribution in [2.75, 3.05) is 26.2 Å². The van der Waals surface area contributed by atoms with Gasteiger partial charge in [0.15, 0.2) is 0 Å². The zero-order chi connectivity index (χ0) is 10.6. The Morgan fingerprint density at radius 1 is 1.57 bits per heavy atom. The van der Waals surface area contributed by atoms with Crippen LogP contribution in [0.2, 0.25) is 0 Å². The van der Waals surface area contributed by atoms with Crippen LogP contribution in [0.3, 0.4) is 0 Å². The highest BCUT2D eigenvalue weighted by Gasteiger charge is 2.29. The zero-order valence-electron chi connectivity index (χ0n) is 8.36. The molecule has 1 atom stereocenters. The molecular weight excluding hydrogens is 184 g/mol. The highest BCUT2D eigenvalue weighted by Crippen LogP contribution is 2.14. The van der Waals surface area contributed by atoms with E-state index >= 15 is 0 Å². The lowest BCUT2D eigenvalue weighted by Gasteiger charge is -2.14. The minimum absolute atomic E-state index is 0.235. The van der Waals surface area contributed by atoms with Crippen molar-refractivity contribution in [3.63, 3.8) is 0 Å². The van der Waals surface area contributed by atoms with E-state index in [1.807, 2.05) is 0 Å². The minimum Gasteiger partial charge on any atom is -0.459 e. The normalized spacial score (nSPS) is 21.0. The van der Waals surface area contributed by atoms with E-state index in [9.17, 15) is 9.59 Å². The van der Waals surface area contributed by atoms with Crippen molar-refractivity contribution in [3.8, 4) is 0 Å². The first-order valence-corrected chi connectivity index (χ1v) is 4.85. The minimum atomic E-state index is -0.759. The van der Waals surface area contributed by atoms with Crippen LogP contribution in [0.15, 0.2) is 0 Å². The maximum absolute atomic E-state index is 11.4. The van der Waals surface area contributed by atoms with Crippen molar-refractivity contribution < 1.29 is 14.3 Å². The molecule has 0 spiro atoms. The number of carbonyl (C=O) groups is 2. The molecule has 0 bridgehead atoms. The highest BCUT2D eigenvalue weighted by atomic mass is 16.5. The third-order valence-electron chi connectivity index (χ3n) is 2.36. The van der Waals surface area contributed by atoms with Crippen LogP contribution in [-0.2, 0) is 14.3 Å². The number of hydrogen-bond acceptors (Lipinski definition) is 4. The van der Waals surface area contributed by atoms with Crippen molar-refractivity contribution in [3.05, 3.63) is 0 Å². The number of rotatable bonds is 2. The summed E-state index contributed by atoms with van der Waals surface area (Å²) in [5, 5.41) is 0. The SMILES string of the molecule is CCOC(=O)C(=O)N1CCC(CN)C1. The van der Waals surface area contributed by atoms with Gasteiger partial charge in [-0.15, -0.1) is 0 Å². The van der Waals surface area contributed by atoms with Crippen LogP contribution in [-0.4, -0.2) is 43.0 Å². The number of nitrogens with two attached hydrogens (primary N) is 1. The third kappa shape index (κ3) is 2.45. The van der Waals surface area contributed by atoms with Gasteiger partial charge in [-0.1, -0.05) is 0 Å². The van der Waals surface area contributed by atoms with Crippen LogP contribution in [0.4, 0.5) is 0 Å². The molecule has 0 aliphatic carbocycles. The second-order valence-electron chi connectivity index (χ2n) is 3.36. The predicted octanol–water partition coefficient (Wildman–Crippen LogP) is -0.643. The molecule has 0 saturated carbocycles. The van der Waals surface area contributed by atoms with Gasteiger partial charge in [-0.05, 0) is 25.8 Å². The fourth-order valence-electron chi connectivity index (χ4n) is 1.53. The Bertz CT molecular complexity index is 230. The van der Waals surface area contributed by atoms with E-state index < -0.39 is 11.9 Å². The first-order valence-electron chi connectivity index (χ1n) is 4.85. The largest absolute Gasteiger partial charge is 0.459 e. The topological polar surface area (TPSA) is 72.6 Å². The van der Waals surface area contributed by atoms with Crippen LogP contribution in [0.25, 0.3) is 0 Å². The maximum Gasteiger partial charge on any atom is 0.397 e. The van der Waals surface area contributed by atoms with Gasteiger partial charge in [0.25, 0.3) is 0 Å². The Morgan fingerprint density at radius 3 is 2.79 bits per heavy atom. The standard InChI is InChI=1S/C9H16N2O3/c1-2-14-9(13)8(12)11-4-3-7(5-10)6-11/h7H,2-6,10H2,1H3. The van der Waals surface area contributed by atoms with Crippen molar-refractivity contribution >= 4 is 11.9 Å². The summed E-state index contributed by atoms with van der Waals surface area (Å²) < 4.78 is 4.62. The maximum atomic E-state index is 11.4. The number of ether oxygens (including phenoxy) is 1. The van der Waals surface area contributed by atoms with Gasteiger partial charge in [0.1, 0.15) is 0 Å². The molecule has 1 unspecified atom stereocenters. The summed E-state index contributed by atoms with van der Waals surface area (Å²) in [5.74, 6) is -0.971. The monoisotopic (exact) mass is 200 g/mol. The van der Waals surface area contributed by atoms with E-state index in [0.29, 0.717) is 25.6 Å². The zero-order valence-corrected chi connectivity index (χ0v) is 8.36. The number of esters is 1. The van der Waals surface area contributed by atoms with Gasteiger partial charge in [0.2, 0.25) is 0 Å². The Hall–Kier alpha value is -1.10. The summed E-state index contributed by atoms with van der Waals surface area (Å²) in [5.41, 5.74) is 5.48. The van der Waals surface area contributed by atoms with Crippen LogP contribution in [0.5, 0.6) is 0 Å². The molecule has 0 aromatic rings. The van der Waals surface area contributed by atoms with Gasteiger partial charge >= 0.3 is 11.9 Å². The molecular formula is C9H16N2O3. The van der Waals surface area contributed by atoms with Crippen molar-refractivity contribution in [1.29, 1.82) is 0 Å². The fraction of sp³-hybridized carbons (Fsp3) is 0.778. The van der Waals surface area contributed by atoms with E-state index in [-0.39, 0.29) is 6.61 Å². The molecule has 1 fully saturated rings. The quantitative estimate of drug-likeness (QED) is 0.475. The lowest BCUT2D eigenvalue weighted by molar-refractivity contribution is -0.159. The molecule has 0 radical (unpaired) electrons. The van der Waals surface area contributed by atoms with Gasteiger partial charge in [-0.3, -0.25) is 4.79 Å². The molecule has 5 heteroatoms. The first kappa shape index (κ1) is 11.0. The molecule has 0 aromatic carbocycles. The molecule has 80 valence electrons. The predicted molar refractivity (Wildman–Crippen MR) is 50.4 cm³/mol. The molecule has 1 rings (SSSR count). The van der Waals surface area contributed by atoms with Gasteiger partial charge in [0.05, 0.1) is 6.61 Å². The van der Waals surface area contributed by atoms with Crippen molar-refractivity contribution in [1.82, 2.24) is 4.90 Å². The molecule has 1 heterocycles. The molecule has 1 aliphatic rings. The van der Waals surface area contributed by atoms with E-state index in [2.05, 4.69) is 4.74 Å². The molecule has 1 aliphatic heterocycles. The van der Waals surface area contributed by atoms with Crippen molar-refractivity contribution in [2.24, 2.45) is 11.7 Å². The van der Waals surface area contributed by atoms with E-state index in [1.54, 1.807) is 6.92 Å². The lowest BCUT2D eigenvalue weighted by Crippen LogP contribution is -2.36. The summed E-state index contributed by atoms with van der Waals surface area (Å²) in [6.45, 7) is 3.66. The van der Waals surface area contributed by atoms with Crippen molar-refractivity contribution in [2.45, 2.75) is 13.3 Å². The Kier molecular flexibility index (Phi) is 3.88. The summed E-state index contributed by atoms with van der Waals surface area (Å²) in [4.78, 5) is 24.0.